The molecule has 0 rings (SSSR count). The molecule has 0 unspecified atom stereocenters. The Bertz CT molecular complexity index is 198. The Labute approximate surface area is 106 Å². The summed E-state index contributed by atoms with van der Waals surface area (Å²) in [4.78, 5) is 11.3. The zero-order valence-corrected chi connectivity index (χ0v) is 11.6. The number of hydrogen-bond acceptors (Lipinski definition) is 3. The zero-order chi connectivity index (χ0) is 13.4. The first-order valence-corrected chi connectivity index (χ1v) is 4.97. The minimum atomic E-state index is -1.00. The van der Waals surface area contributed by atoms with Crippen LogP contribution in [0.15, 0.2) is 0 Å². The number of rotatable bonds is 3. The molecular weight excluding hydrogens is 233 g/mol. The fraction of sp³-hybridized carbons (Fsp3) is 0.909. The van der Waals surface area contributed by atoms with Crippen molar-refractivity contribution in [2.24, 2.45) is 11.7 Å². The van der Waals surface area contributed by atoms with Gasteiger partial charge in [-0.2, -0.15) is 0 Å². The van der Waals surface area contributed by atoms with Gasteiger partial charge >= 0.3 is 5.97 Å². The third-order valence-corrected chi connectivity index (χ3v) is 1.43. The van der Waals surface area contributed by atoms with Crippen molar-refractivity contribution in [2.75, 3.05) is 7.15 Å². The average molecular weight is 259 g/mol. The van der Waals surface area contributed by atoms with Crippen LogP contribution in [0.4, 0.5) is 4.39 Å². The van der Waals surface area contributed by atoms with Crippen molar-refractivity contribution in [3.8, 4) is 0 Å². The van der Waals surface area contributed by atoms with Gasteiger partial charge in [-0.25, -0.2) is 0 Å². The molecule has 0 aliphatic rings. The van der Waals surface area contributed by atoms with Crippen LogP contribution < -0.4 is 5.73 Å². The Balaban J connectivity index is -0.000000440. The van der Waals surface area contributed by atoms with Crippen molar-refractivity contribution in [3.63, 3.8) is 0 Å². The maximum absolute atomic E-state index is 11.3. The van der Waals surface area contributed by atoms with E-state index < -0.39 is 18.8 Å². The maximum Gasteiger partial charge on any atom is 0.323 e. The molecule has 0 fully saturated rings. The Morgan fingerprint density at radius 3 is 2.12 bits per heavy atom. The number of esters is 1. The van der Waals surface area contributed by atoms with Gasteiger partial charge in [0.15, 0.2) is 0 Å². The van der Waals surface area contributed by atoms with Crippen LogP contribution in [0.5, 0.6) is 0 Å². The van der Waals surface area contributed by atoms with Crippen LogP contribution in [-0.2, 0) is 9.53 Å². The second-order valence-corrected chi connectivity index (χ2v) is 4.77. The molecule has 0 bridgehead atoms. The molecule has 0 aliphatic heterocycles. The van der Waals surface area contributed by atoms with Gasteiger partial charge in [0.25, 0.3) is 0 Å². The highest BCUT2D eigenvalue weighted by Crippen LogP contribution is 2.11. The second-order valence-electron chi connectivity index (χ2n) is 4.77. The summed E-state index contributed by atoms with van der Waals surface area (Å²) in [5.74, 6) is 0.115. The first kappa shape index (κ1) is 18.0. The molecular formula is C11H25ClFNO2. The summed E-state index contributed by atoms with van der Waals surface area (Å²) in [5.41, 5.74) is 5.21. The molecule has 1 atom stereocenters. The topological polar surface area (TPSA) is 52.3 Å². The van der Waals surface area contributed by atoms with Crippen LogP contribution in [0.2, 0.25) is 0 Å². The van der Waals surface area contributed by atoms with E-state index in [-0.39, 0.29) is 18.4 Å². The Kier molecular flexibility index (Phi) is 11.1. The lowest BCUT2D eigenvalue weighted by molar-refractivity contribution is -0.156. The maximum atomic E-state index is 11.3. The van der Waals surface area contributed by atoms with E-state index in [1.54, 1.807) is 0 Å². The van der Waals surface area contributed by atoms with Crippen LogP contribution in [0.1, 0.15) is 42.4 Å². The molecule has 0 radical (unpaired) electrons. The number of carbonyl (C=O) groups is 1. The van der Waals surface area contributed by atoms with Gasteiger partial charge in [-0.15, -0.1) is 12.4 Å². The average Bonchev–Trinajstić information content (AvgIpc) is 2.00. The molecule has 5 heteroatoms. The van der Waals surface area contributed by atoms with E-state index in [2.05, 4.69) is 0 Å². The summed E-state index contributed by atoms with van der Waals surface area (Å²) in [7, 11) is -1.00. The number of alkyl halides is 1. The smallest absolute Gasteiger partial charge is 0.323 e. The van der Waals surface area contributed by atoms with E-state index in [1.807, 2.05) is 34.6 Å². The van der Waals surface area contributed by atoms with Crippen molar-refractivity contribution >= 4 is 18.4 Å². The van der Waals surface area contributed by atoms with Gasteiger partial charge in [-0.05, 0) is 33.1 Å². The first-order valence-electron chi connectivity index (χ1n) is 5.68. The van der Waals surface area contributed by atoms with Crippen molar-refractivity contribution in [3.05, 3.63) is 0 Å². The van der Waals surface area contributed by atoms with Gasteiger partial charge in [-0.3, -0.25) is 9.18 Å². The standard InChI is InChI=1S/C10H21NO2.CH3F.ClH/c1-7(2)6-8(11)9(12)13-10(3,4)5;1-2;/h7-8H,6,11H2,1-5H3;1H3;1H/t8-;;/m0../s1/i;1D;. The molecule has 0 saturated heterocycles. The molecule has 16 heavy (non-hydrogen) atoms. The molecule has 0 saturated carbocycles. The van der Waals surface area contributed by atoms with Crippen LogP contribution in [0.25, 0.3) is 0 Å². The van der Waals surface area contributed by atoms with E-state index >= 15 is 0 Å². The predicted molar refractivity (Wildman–Crippen MR) is 67.6 cm³/mol. The monoisotopic (exact) mass is 258 g/mol. The van der Waals surface area contributed by atoms with Crippen LogP contribution in [-0.4, -0.2) is 24.8 Å². The quantitative estimate of drug-likeness (QED) is 0.792. The van der Waals surface area contributed by atoms with Crippen molar-refractivity contribution in [1.29, 1.82) is 0 Å². The molecule has 2 N–H and O–H groups in total. The summed E-state index contributed by atoms with van der Waals surface area (Å²) >= 11 is 0. The highest BCUT2D eigenvalue weighted by Gasteiger charge is 2.22. The molecule has 0 aromatic rings. The van der Waals surface area contributed by atoms with Crippen LogP contribution >= 0.6 is 12.4 Å². The summed E-state index contributed by atoms with van der Waals surface area (Å²) in [6, 6.07) is -0.487. The molecule has 0 amide bonds. The minimum absolute atomic E-state index is 0. The summed E-state index contributed by atoms with van der Waals surface area (Å²) in [6.07, 6.45) is 0.676. The van der Waals surface area contributed by atoms with Crippen molar-refractivity contribution in [1.82, 2.24) is 0 Å². The Morgan fingerprint density at radius 1 is 1.50 bits per heavy atom. The molecule has 0 aromatic heterocycles. The van der Waals surface area contributed by atoms with Crippen LogP contribution in [0, 0.1) is 5.92 Å². The summed E-state index contributed by atoms with van der Waals surface area (Å²) in [5, 5.41) is 0. The lowest BCUT2D eigenvalue weighted by atomic mass is 10.0. The molecule has 0 aliphatic carbocycles. The fourth-order valence-corrected chi connectivity index (χ4v) is 0.982. The van der Waals surface area contributed by atoms with Gasteiger partial charge in [0, 0.05) is 0 Å². The third-order valence-electron chi connectivity index (χ3n) is 1.43. The molecule has 0 aromatic carbocycles. The van der Waals surface area contributed by atoms with E-state index in [9.17, 15) is 9.18 Å². The highest BCUT2D eigenvalue weighted by atomic mass is 35.5. The number of hydrogen-bond donors (Lipinski definition) is 1. The Hall–Kier alpha value is -0.350. The van der Waals surface area contributed by atoms with Gasteiger partial charge in [0.2, 0.25) is 0 Å². The van der Waals surface area contributed by atoms with E-state index in [0.717, 1.165) is 0 Å². The highest BCUT2D eigenvalue weighted by molar-refractivity contribution is 5.85. The van der Waals surface area contributed by atoms with Gasteiger partial charge < -0.3 is 10.5 Å². The van der Waals surface area contributed by atoms with Crippen molar-refractivity contribution in [2.45, 2.75) is 52.7 Å². The van der Waals surface area contributed by atoms with Gasteiger partial charge in [0.1, 0.15) is 11.6 Å². The van der Waals surface area contributed by atoms with E-state index in [4.69, 9.17) is 11.8 Å². The number of ether oxygens (including phenoxy) is 1. The summed E-state index contributed by atoms with van der Waals surface area (Å²) in [6.45, 7) is 9.58. The van der Waals surface area contributed by atoms with Crippen molar-refractivity contribution < 1.29 is 15.3 Å². The van der Waals surface area contributed by atoms with E-state index in [0.29, 0.717) is 12.3 Å². The first-order chi connectivity index (χ1) is 7.14. The lowest BCUT2D eigenvalue weighted by Crippen LogP contribution is -2.38. The third kappa shape index (κ3) is 13.7. The molecule has 0 spiro atoms. The number of halogens is 2. The zero-order valence-electron chi connectivity index (χ0n) is 11.7. The predicted octanol–water partition coefficient (Wildman–Crippen LogP) is 2.71. The largest absolute Gasteiger partial charge is 0.459 e. The SMILES string of the molecule is CC(C)C[C@H](N)C(=O)OC(C)(C)C.Cl.[2H]CF. The fourth-order valence-electron chi connectivity index (χ4n) is 0.982. The van der Waals surface area contributed by atoms with Gasteiger partial charge in [0.05, 0.1) is 8.52 Å². The molecule has 0 heterocycles. The number of nitrogens with two attached hydrogens (primary N) is 1. The molecule has 100 valence electrons. The normalized spacial score (nSPS) is 12.9. The van der Waals surface area contributed by atoms with Gasteiger partial charge in [-0.1, -0.05) is 13.8 Å². The van der Waals surface area contributed by atoms with Crippen LogP contribution in [0.3, 0.4) is 0 Å². The summed E-state index contributed by atoms with van der Waals surface area (Å²) < 4.78 is 20.6. The second kappa shape index (κ2) is 9.85. The Morgan fingerprint density at radius 2 is 1.88 bits per heavy atom. The lowest BCUT2D eigenvalue weighted by Gasteiger charge is -2.22. The van der Waals surface area contributed by atoms with E-state index in [1.165, 1.54) is 0 Å². The number of carbonyl (C=O) groups excluding carboxylic acids is 1. The minimum Gasteiger partial charge on any atom is -0.459 e. The molecule has 3 nitrogen and oxygen atoms in total.